The molecule has 162 valence electrons. The third-order valence-electron chi connectivity index (χ3n) is 5.45. The number of nitrogens with zero attached hydrogens (tertiary/aromatic N) is 4. The van der Waals surface area contributed by atoms with E-state index in [0.29, 0.717) is 6.54 Å². The van der Waals surface area contributed by atoms with Crippen LogP contribution in [-0.4, -0.2) is 58.6 Å². The summed E-state index contributed by atoms with van der Waals surface area (Å²) in [6.45, 7) is 3.44. The first kappa shape index (κ1) is 20.6. The molecule has 0 aliphatic carbocycles. The van der Waals surface area contributed by atoms with Crippen molar-refractivity contribution in [2.24, 2.45) is 5.92 Å². The summed E-state index contributed by atoms with van der Waals surface area (Å²) in [5.74, 6) is -2.68. The van der Waals surface area contributed by atoms with E-state index in [0.717, 1.165) is 19.0 Å². The smallest absolute Gasteiger partial charge is 0.471 e. The van der Waals surface area contributed by atoms with Crippen molar-refractivity contribution in [3.05, 3.63) is 29.4 Å². The van der Waals surface area contributed by atoms with Gasteiger partial charge in [0.2, 0.25) is 11.7 Å². The summed E-state index contributed by atoms with van der Waals surface area (Å²) in [6.07, 6.45) is -4.05. The van der Waals surface area contributed by atoms with Crippen LogP contribution in [0.25, 0.3) is 11.4 Å². The number of hydrogen-bond acceptors (Lipinski definition) is 6. The number of benzene rings is 1. The molecule has 1 amide bonds. The fourth-order valence-electron chi connectivity index (χ4n) is 3.77. The molecule has 2 atom stereocenters. The number of halogens is 4. The lowest BCUT2D eigenvalue weighted by atomic mass is 10.0. The molecule has 1 fully saturated rings. The second-order valence-electron chi connectivity index (χ2n) is 7.73. The summed E-state index contributed by atoms with van der Waals surface area (Å²) in [7, 11) is 1.95. The fraction of sp³-hybridized carbons (Fsp3) is 0.526. The molecule has 0 bridgehead atoms. The standard InChI is InChI=1S/C19H20F4N4O3/c1-10-9-29-15-6-12(16-24-18(30-25-16)19(21,22)23)5-14(20)13(15)8-27(10)17(28)11-3-4-26(2)7-11/h5-6,10-11H,3-4,7-9H2,1-2H3/t10-,11+/m0/s1. The quantitative estimate of drug-likeness (QED) is 0.685. The molecule has 0 N–H and O–H groups in total. The summed E-state index contributed by atoms with van der Waals surface area (Å²) in [4.78, 5) is 20.0. The van der Waals surface area contributed by atoms with Crippen LogP contribution in [0.5, 0.6) is 5.75 Å². The summed E-state index contributed by atoms with van der Waals surface area (Å²) in [6, 6.07) is 2.10. The number of amides is 1. The molecule has 11 heteroatoms. The largest absolute Gasteiger partial charge is 0.491 e. The summed E-state index contributed by atoms with van der Waals surface area (Å²) in [5, 5.41) is 3.29. The molecule has 1 aromatic carbocycles. The van der Waals surface area contributed by atoms with Gasteiger partial charge in [-0.05, 0) is 39.1 Å². The molecular formula is C19H20F4N4O3. The maximum absolute atomic E-state index is 14.9. The molecule has 2 aromatic rings. The van der Waals surface area contributed by atoms with Crippen LogP contribution in [0, 0.1) is 11.7 Å². The summed E-state index contributed by atoms with van der Waals surface area (Å²) >= 11 is 0. The van der Waals surface area contributed by atoms with Crippen LogP contribution in [0.1, 0.15) is 24.8 Å². The molecule has 1 aromatic heterocycles. The topological polar surface area (TPSA) is 71.7 Å². The van der Waals surface area contributed by atoms with Crippen molar-refractivity contribution in [3.8, 4) is 17.1 Å². The fourth-order valence-corrected chi connectivity index (χ4v) is 3.77. The Labute approximate surface area is 169 Å². The molecule has 0 unspecified atom stereocenters. The number of aromatic nitrogens is 2. The average molecular weight is 428 g/mol. The number of fused-ring (bicyclic) bond motifs is 1. The van der Waals surface area contributed by atoms with E-state index in [1.54, 1.807) is 4.90 Å². The Morgan fingerprint density at radius 3 is 2.70 bits per heavy atom. The third-order valence-corrected chi connectivity index (χ3v) is 5.45. The summed E-state index contributed by atoms with van der Waals surface area (Å²) in [5.41, 5.74) is 0.165. The van der Waals surface area contributed by atoms with Gasteiger partial charge in [0.15, 0.2) is 0 Å². The zero-order valence-electron chi connectivity index (χ0n) is 16.4. The van der Waals surface area contributed by atoms with Gasteiger partial charge >= 0.3 is 12.1 Å². The molecule has 2 aliphatic heterocycles. The molecule has 30 heavy (non-hydrogen) atoms. The SMILES string of the molecule is C[C@H]1COc2cc(-c3noc(C(F)(F)F)n3)cc(F)c2CN1C(=O)[C@@H]1CCN(C)C1. The lowest BCUT2D eigenvalue weighted by Gasteiger charge is -2.29. The van der Waals surface area contributed by atoms with Crippen molar-refractivity contribution in [1.29, 1.82) is 0 Å². The second-order valence-corrected chi connectivity index (χ2v) is 7.73. The highest BCUT2D eigenvalue weighted by atomic mass is 19.4. The van der Waals surface area contributed by atoms with Gasteiger partial charge in [0.25, 0.3) is 0 Å². The number of rotatable bonds is 2. The van der Waals surface area contributed by atoms with Gasteiger partial charge in [0, 0.05) is 17.7 Å². The average Bonchev–Trinajstić information content (AvgIpc) is 3.30. The number of carbonyl (C=O) groups excluding carboxylic acids is 1. The van der Waals surface area contributed by atoms with E-state index in [1.807, 2.05) is 14.0 Å². The maximum Gasteiger partial charge on any atom is 0.471 e. The van der Waals surface area contributed by atoms with Gasteiger partial charge < -0.3 is 19.1 Å². The van der Waals surface area contributed by atoms with Crippen molar-refractivity contribution < 1.29 is 31.6 Å². The van der Waals surface area contributed by atoms with Gasteiger partial charge in [-0.15, -0.1) is 0 Å². The molecular weight excluding hydrogens is 408 g/mol. The first-order chi connectivity index (χ1) is 14.1. The number of carbonyl (C=O) groups is 1. The van der Waals surface area contributed by atoms with Crippen LogP contribution >= 0.6 is 0 Å². The van der Waals surface area contributed by atoms with E-state index in [2.05, 4.69) is 19.6 Å². The molecule has 0 spiro atoms. The Hall–Kier alpha value is -2.69. The molecule has 0 radical (unpaired) electrons. The van der Waals surface area contributed by atoms with E-state index in [9.17, 15) is 22.4 Å². The third kappa shape index (κ3) is 3.85. The van der Waals surface area contributed by atoms with Crippen LogP contribution in [0.2, 0.25) is 0 Å². The van der Waals surface area contributed by atoms with Crippen molar-refractivity contribution in [2.75, 3.05) is 26.7 Å². The van der Waals surface area contributed by atoms with E-state index >= 15 is 0 Å². The number of ether oxygens (including phenoxy) is 1. The normalized spacial score (nSPS) is 22.5. The van der Waals surface area contributed by atoms with E-state index in [4.69, 9.17) is 4.74 Å². The Balaban J connectivity index is 1.62. The van der Waals surface area contributed by atoms with Crippen LogP contribution in [0.15, 0.2) is 16.7 Å². The summed E-state index contributed by atoms with van der Waals surface area (Å²) < 4.78 is 62.9. The zero-order valence-corrected chi connectivity index (χ0v) is 16.4. The van der Waals surface area contributed by atoms with Crippen molar-refractivity contribution in [1.82, 2.24) is 19.9 Å². The minimum atomic E-state index is -4.80. The van der Waals surface area contributed by atoms with Crippen molar-refractivity contribution in [2.45, 2.75) is 32.1 Å². The minimum absolute atomic E-state index is 0.00431. The van der Waals surface area contributed by atoms with Gasteiger partial charge in [-0.25, -0.2) is 4.39 Å². The monoisotopic (exact) mass is 428 g/mol. The molecule has 1 saturated heterocycles. The Morgan fingerprint density at radius 1 is 1.30 bits per heavy atom. The minimum Gasteiger partial charge on any atom is -0.491 e. The first-order valence-electron chi connectivity index (χ1n) is 9.49. The number of hydrogen-bond donors (Lipinski definition) is 0. The predicted molar refractivity (Wildman–Crippen MR) is 95.8 cm³/mol. The Bertz CT molecular complexity index is 962. The lowest BCUT2D eigenvalue weighted by molar-refractivity contribution is -0.159. The second kappa shape index (κ2) is 7.53. The van der Waals surface area contributed by atoms with Crippen LogP contribution in [0.3, 0.4) is 0 Å². The highest BCUT2D eigenvalue weighted by Crippen LogP contribution is 2.35. The van der Waals surface area contributed by atoms with Crippen molar-refractivity contribution >= 4 is 5.91 Å². The highest BCUT2D eigenvalue weighted by Gasteiger charge is 2.39. The first-order valence-corrected chi connectivity index (χ1v) is 9.49. The molecule has 7 nitrogen and oxygen atoms in total. The van der Waals surface area contributed by atoms with Gasteiger partial charge in [-0.3, -0.25) is 4.79 Å². The predicted octanol–water partition coefficient (Wildman–Crippen LogP) is 2.96. The highest BCUT2D eigenvalue weighted by molar-refractivity contribution is 5.80. The van der Waals surface area contributed by atoms with Gasteiger partial charge in [0.05, 0.1) is 18.5 Å². The van der Waals surface area contributed by atoms with E-state index < -0.39 is 23.7 Å². The molecule has 2 aliphatic rings. The molecule has 0 saturated carbocycles. The van der Waals surface area contributed by atoms with Crippen LogP contribution in [0.4, 0.5) is 17.6 Å². The van der Waals surface area contributed by atoms with Crippen LogP contribution < -0.4 is 4.74 Å². The molecule has 4 rings (SSSR count). The zero-order chi connectivity index (χ0) is 21.6. The number of alkyl halides is 3. The van der Waals surface area contributed by atoms with Crippen LogP contribution in [-0.2, 0) is 17.5 Å². The van der Waals surface area contributed by atoms with E-state index in [-0.39, 0.29) is 47.9 Å². The molecule has 3 heterocycles. The van der Waals surface area contributed by atoms with Gasteiger partial charge in [-0.2, -0.15) is 18.2 Å². The van der Waals surface area contributed by atoms with Crippen molar-refractivity contribution in [3.63, 3.8) is 0 Å². The van der Waals surface area contributed by atoms with Gasteiger partial charge in [0.1, 0.15) is 18.2 Å². The number of likely N-dealkylation sites (tertiary alicyclic amines) is 1. The Morgan fingerprint density at radius 2 is 2.07 bits per heavy atom. The van der Waals surface area contributed by atoms with E-state index in [1.165, 1.54) is 6.07 Å². The van der Waals surface area contributed by atoms with Gasteiger partial charge in [-0.1, -0.05) is 5.16 Å². The lowest BCUT2D eigenvalue weighted by Crippen LogP contribution is -2.43. The Kier molecular flexibility index (Phi) is 5.16. The maximum atomic E-state index is 14.9.